The fourth-order valence-electron chi connectivity index (χ4n) is 4.99. The van der Waals surface area contributed by atoms with E-state index in [0.717, 1.165) is 34.6 Å². The van der Waals surface area contributed by atoms with Crippen molar-refractivity contribution in [3.63, 3.8) is 0 Å². The van der Waals surface area contributed by atoms with Crippen LogP contribution in [0.5, 0.6) is 0 Å². The molecule has 2 atom stereocenters. The van der Waals surface area contributed by atoms with Crippen LogP contribution in [0.4, 0.5) is 0 Å². The van der Waals surface area contributed by atoms with Gasteiger partial charge in [-0.3, -0.25) is 0 Å². The summed E-state index contributed by atoms with van der Waals surface area (Å²) in [7, 11) is 0. The Morgan fingerprint density at radius 2 is 1.74 bits per heavy atom. The highest BCUT2D eigenvalue weighted by Crippen LogP contribution is 2.46. The monoisotopic (exact) mass is 447 g/mol. The first-order valence-electron chi connectivity index (χ1n) is 11.5. The molecule has 6 heteroatoms. The van der Waals surface area contributed by atoms with Crippen molar-refractivity contribution in [2.24, 2.45) is 11.7 Å². The minimum atomic E-state index is -0.726. The molecule has 2 aromatic carbocycles. The third-order valence-corrected chi connectivity index (χ3v) is 6.76. The van der Waals surface area contributed by atoms with E-state index in [1.807, 2.05) is 84.4 Å². The third kappa shape index (κ3) is 3.35. The molecule has 2 aliphatic rings. The molecule has 0 aliphatic heterocycles. The number of nitrogens with zero attached hydrogens (tertiary/aromatic N) is 4. The van der Waals surface area contributed by atoms with Gasteiger partial charge in [-0.15, -0.1) is 10.2 Å². The molecular formula is C28H25N5O. The molecule has 6 rings (SSSR count). The summed E-state index contributed by atoms with van der Waals surface area (Å²) < 4.78 is 8.28. The molecule has 168 valence electrons. The number of allylic oxidation sites excluding steroid dienone is 4. The van der Waals surface area contributed by atoms with Crippen molar-refractivity contribution in [1.82, 2.24) is 20.0 Å². The van der Waals surface area contributed by atoms with E-state index < -0.39 is 5.54 Å². The normalized spacial score (nSPS) is 24.8. The van der Waals surface area contributed by atoms with Crippen LogP contribution in [0.25, 0.3) is 28.4 Å². The first kappa shape index (κ1) is 20.6. The Bertz CT molecular complexity index is 1430. The van der Waals surface area contributed by atoms with E-state index in [0.29, 0.717) is 18.2 Å². The molecule has 1 fully saturated rings. The van der Waals surface area contributed by atoms with E-state index >= 15 is 0 Å². The van der Waals surface area contributed by atoms with E-state index in [2.05, 4.69) is 28.4 Å². The SMILES string of the molecule is Cc1c(-c2nnc([C@]3(N)C/C4=C/C=C\C=C\C3C4)o2)c(-c2ccccc2)nn1-c1ccccc1. The Hall–Kier alpha value is -4.03. The Kier molecular flexibility index (Phi) is 4.89. The fraction of sp³-hybridized carbons (Fsp3) is 0.179. The van der Waals surface area contributed by atoms with Gasteiger partial charge in [0.15, 0.2) is 0 Å². The molecular weight excluding hydrogens is 422 g/mol. The van der Waals surface area contributed by atoms with Gasteiger partial charge in [0.05, 0.1) is 16.9 Å². The highest BCUT2D eigenvalue weighted by molar-refractivity contribution is 5.79. The van der Waals surface area contributed by atoms with Crippen LogP contribution in [0, 0.1) is 12.8 Å². The van der Waals surface area contributed by atoms with Gasteiger partial charge in [-0.2, -0.15) is 5.10 Å². The third-order valence-electron chi connectivity index (χ3n) is 6.76. The topological polar surface area (TPSA) is 82.8 Å². The lowest BCUT2D eigenvalue weighted by molar-refractivity contribution is 0.294. The van der Waals surface area contributed by atoms with Gasteiger partial charge in [0.2, 0.25) is 5.89 Å². The smallest absolute Gasteiger partial charge is 0.251 e. The van der Waals surface area contributed by atoms with Gasteiger partial charge in [-0.25, -0.2) is 4.68 Å². The molecule has 4 aromatic rings. The predicted molar refractivity (Wildman–Crippen MR) is 132 cm³/mol. The standard InChI is InChI=1S/C28H25N5O/c1-19-24(25(21-12-6-3-7-13-21)32-33(19)23-15-9-4-10-16-23)26-30-31-27(34-26)28(29)18-20-11-5-2-8-14-22(28)17-20/h2-16,22H,17-18,29H2,1H3/b5-2-,14-8+,20-11+/t22?,28-/m0/s1. The first-order valence-corrected chi connectivity index (χ1v) is 11.5. The highest BCUT2D eigenvalue weighted by atomic mass is 16.4. The van der Waals surface area contributed by atoms with Crippen molar-refractivity contribution in [1.29, 1.82) is 0 Å². The molecule has 2 heterocycles. The zero-order chi connectivity index (χ0) is 23.1. The van der Waals surface area contributed by atoms with Gasteiger partial charge in [-0.1, -0.05) is 84.5 Å². The second kappa shape index (κ2) is 8.08. The van der Waals surface area contributed by atoms with E-state index in [1.165, 1.54) is 5.57 Å². The quantitative estimate of drug-likeness (QED) is 0.446. The number of benzene rings is 2. The van der Waals surface area contributed by atoms with Crippen molar-refractivity contribution in [2.75, 3.05) is 0 Å². The summed E-state index contributed by atoms with van der Waals surface area (Å²) in [5.41, 5.74) is 12.0. The largest absolute Gasteiger partial charge is 0.418 e. The minimum Gasteiger partial charge on any atom is -0.418 e. The van der Waals surface area contributed by atoms with E-state index in [4.69, 9.17) is 15.2 Å². The minimum absolute atomic E-state index is 0.110. The number of hydrogen-bond acceptors (Lipinski definition) is 5. The van der Waals surface area contributed by atoms with Crippen molar-refractivity contribution < 1.29 is 4.42 Å². The maximum atomic E-state index is 6.94. The molecule has 34 heavy (non-hydrogen) atoms. The van der Waals surface area contributed by atoms with Crippen molar-refractivity contribution in [3.05, 3.63) is 108 Å². The van der Waals surface area contributed by atoms with E-state index in [1.54, 1.807) is 0 Å². The van der Waals surface area contributed by atoms with E-state index in [-0.39, 0.29) is 5.92 Å². The van der Waals surface area contributed by atoms with Gasteiger partial charge >= 0.3 is 0 Å². The Morgan fingerprint density at radius 3 is 2.53 bits per heavy atom. The molecule has 2 bridgehead atoms. The van der Waals surface area contributed by atoms with Crippen LogP contribution < -0.4 is 5.73 Å². The lowest BCUT2D eigenvalue weighted by atomic mass is 9.87. The molecule has 0 spiro atoms. The van der Waals surface area contributed by atoms with Crippen LogP contribution in [-0.2, 0) is 5.54 Å². The second-order valence-corrected chi connectivity index (χ2v) is 8.96. The van der Waals surface area contributed by atoms with Gasteiger partial charge in [0.1, 0.15) is 11.2 Å². The molecule has 1 saturated carbocycles. The lowest BCUT2D eigenvalue weighted by Gasteiger charge is -2.24. The number of aromatic nitrogens is 4. The maximum Gasteiger partial charge on any atom is 0.251 e. The molecule has 6 nitrogen and oxygen atoms in total. The predicted octanol–water partition coefficient (Wildman–Crippen LogP) is 5.51. The number of rotatable bonds is 4. The first-order chi connectivity index (χ1) is 16.6. The van der Waals surface area contributed by atoms with Crippen molar-refractivity contribution >= 4 is 0 Å². The van der Waals surface area contributed by atoms with E-state index in [9.17, 15) is 0 Å². The van der Waals surface area contributed by atoms with Gasteiger partial charge in [-0.05, 0) is 31.9 Å². The van der Waals surface area contributed by atoms with Crippen LogP contribution in [0.2, 0.25) is 0 Å². The average molecular weight is 448 g/mol. The van der Waals surface area contributed by atoms with Crippen LogP contribution in [0.15, 0.2) is 101 Å². The second-order valence-electron chi connectivity index (χ2n) is 8.96. The zero-order valence-corrected chi connectivity index (χ0v) is 18.9. The molecule has 1 unspecified atom stereocenters. The van der Waals surface area contributed by atoms with Crippen molar-refractivity contribution in [2.45, 2.75) is 25.3 Å². The Morgan fingerprint density at radius 1 is 0.971 bits per heavy atom. The summed E-state index contributed by atoms with van der Waals surface area (Å²) in [5, 5.41) is 13.9. The number of nitrogens with two attached hydrogens (primary N) is 1. The number of fused-ring (bicyclic) bond motifs is 2. The van der Waals surface area contributed by atoms with Crippen LogP contribution >= 0.6 is 0 Å². The lowest BCUT2D eigenvalue weighted by Crippen LogP contribution is -2.40. The Balaban J connectivity index is 1.48. The molecule has 0 amide bonds. The summed E-state index contributed by atoms with van der Waals surface area (Å²) >= 11 is 0. The van der Waals surface area contributed by atoms with Crippen LogP contribution in [-0.4, -0.2) is 20.0 Å². The Labute approximate surface area is 198 Å². The molecule has 2 N–H and O–H groups in total. The summed E-state index contributed by atoms with van der Waals surface area (Å²) in [4.78, 5) is 0. The summed E-state index contributed by atoms with van der Waals surface area (Å²) in [6.45, 7) is 2.03. The van der Waals surface area contributed by atoms with Gasteiger partial charge < -0.3 is 10.2 Å². The summed E-state index contributed by atoms with van der Waals surface area (Å²) in [6.07, 6.45) is 12.0. The summed E-state index contributed by atoms with van der Waals surface area (Å²) in [5.74, 6) is 1.01. The van der Waals surface area contributed by atoms with Gasteiger partial charge in [0.25, 0.3) is 5.89 Å². The zero-order valence-electron chi connectivity index (χ0n) is 18.9. The molecule has 0 radical (unpaired) electrons. The average Bonchev–Trinajstić information content (AvgIpc) is 3.55. The molecule has 2 aromatic heterocycles. The van der Waals surface area contributed by atoms with Crippen LogP contribution in [0.3, 0.4) is 0 Å². The van der Waals surface area contributed by atoms with Crippen LogP contribution in [0.1, 0.15) is 24.4 Å². The highest BCUT2D eigenvalue weighted by Gasteiger charge is 2.46. The fourth-order valence-corrected chi connectivity index (χ4v) is 4.99. The maximum absolute atomic E-state index is 6.94. The number of hydrogen-bond donors (Lipinski definition) is 1. The summed E-state index contributed by atoms with van der Waals surface area (Å²) in [6, 6.07) is 20.1. The van der Waals surface area contributed by atoms with Gasteiger partial charge in [0, 0.05) is 11.5 Å². The van der Waals surface area contributed by atoms with Crippen molar-refractivity contribution in [3.8, 4) is 28.4 Å². The molecule has 2 aliphatic carbocycles. The molecule has 0 saturated heterocycles. The number of para-hydroxylation sites is 1.